The van der Waals surface area contributed by atoms with E-state index >= 15 is 0 Å². The minimum atomic E-state index is -0.943. The van der Waals surface area contributed by atoms with Gasteiger partial charge in [-0.3, -0.25) is 0 Å². The predicted molar refractivity (Wildman–Crippen MR) is 94.7 cm³/mol. The van der Waals surface area contributed by atoms with E-state index in [1.807, 2.05) is 18.2 Å². The second-order valence-electron chi connectivity index (χ2n) is 5.06. The normalized spacial score (nSPS) is 10.2. The second kappa shape index (κ2) is 8.40. The number of esters is 1. The maximum atomic E-state index is 11.5. The average molecular weight is 345 g/mol. The number of hydrogen-bond acceptors (Lipinski definition) is 5. The van der Waals surface area contributed by atoms with Gasteiger partial charge < -0.3 is 14.1 Å². The van der Waals surface area contributed by atoms with Gasteiger partial charge in [0.05, 0.1) is 18.2 Å². The molecule has 6 heteroatoms. The highest BCUT2D eigenvalue weighted by Crippen LogP contribution is 2.30. The SMILES string of the molecule is CCCN(Sc1cccc(C(=O)O)c1)c1ccc(C(=O)OC)cc1. The summed E-state index contributed by atoms with van der Waals surface area (Å²) in [5, 5.41) is 9.10. The van der Waals surface area contributed by atoms with E-state index in [1.54, 1.807) is 30.3 Å². The summed E-state index contributed by atoms with van der Waals surface area (Å²) in [7, 11) is 1.35. The van der Waals surface area contributed by atoms with Gasteiger partial charge in [-0.2, -0.15) is 0 Å². The Morgan fingerprint density at radius 1 is 1.12 bits per heavy atom. The molecule has 0 heterocycles. The Kier molecular flexibility index (Phi) is 6.26. The molecular formula is C18H19NO4S. The van der Waals surface area contributed by atoms with Crippen molar-refractivity contribution < 1.29 is 19.4 Å². The van der Waals surface area contributed by atoms with Crippen LogP contribution in [0.1, 0.15) is 34.1 Å². The maximum Gasteiger partial charge on any atom is 0.337 e. The van der Waals surface area contributed by atoms with Gasteiger partial charge in [0.25, 0.3) is 0 Å². The first kappa shape index (κ1) is 17.9. The third kappa shape index (κ3) is 4.52. The third-order valence-electron chi connectivity index (χ3n) is 3.30. The highest BCUT2D eigenvalue weighted by atomic mass is 32.2. The van der Waals surface area contributed by atoms with Gasteiger partial charge in [0, 0.05) is 17.1 Å². The molecule has 0 unspecified atom stereocenters. The first-order chi connectivity index (χ1) is 11.5. The number of carbonyl (C=O) groups is 2. The summed E-state index contributed by atoms with van der Waals surface area (Å²) in [5.41, 5.74) is 1.70. The van der Waals surface area contributed by atoms with Gasteiger partial charge in [-0.1, -0.05) is 13.0 Å². The highest BCUT2D eigenvalue weighted by Gasteiger charge is 2.12. The van der Waals surface area contributed by atoms with E-state index < -0.39 is 5.97 Å². The van der Waals surface area contributed by atoms with E-state index in [0.717, 1.165) is 23.5 Å². The van der Waals surface area contributed by atoms with Crippen LogP contribution in [-0.2, 0) is 4.74 Å². The van der Waals surface area contributed by atoms with Gasteiger partial charge in [-0.15, -0.1) is 0 Å². The van der Waals surface area contributed by atoms with Crippen molar-refractivity contribution in [3.63, 3.8) is 0 Å². The number of nitrogens with zero attached hydrogens (tertiary/aromatic N) is 1. The molecule has 2 aromatic rings. The van der Waals surface area contributed by atoms with E-state index in [0.29, 0.717) is 5.56 Å². The smallest absolute Gasteiger partial charge is 0.337 e. The van der Waals surface area contributed by atoms with Crippen molar-refractivity contribution in [1.82, 2.24) is 0 Å². The van der Waals surface area contributed by atoms with Crippen LogP contribution in [0.5, 0.6) is 0 Å². The molecule has 5 nitrogen and oxygen atoms in total. The summed E-state index contributed by atoms with van der Waals surface area (Å²) in [5.74, 6) is -1.31. The number of methoxy groups -OCH3 is 1. The molecule has 1 N–H and O–H groups in total. The van der Waals surface area contributed by atoms with E-state index in [2.05, 4.69) is 11.2 Å². The van der Waals surface area contributed by atoms with Gasteiger partial charge in [-0.05, 0) is 60.8 Å². The quantitative estimate of drug-likeness (QED) is 0.602. The number of ether oxygens (including phenoxy) is 1. The van der Waals surface area contributed by atoms with Crippen molar-refractivity contribution >= 4 is 29.6 Å². The zero-order chi connectivity index (χ0) is 17.5. The zero-order valence-electron chi connectivity index (χ0n) is 13.6. The number of anilines is 1. The van der Waals surface area contributed by atoms with Crippen molar-refractivity contribution in [2.45, 2.75) is 18.2 Å². The first-order valence-electron chi connectivity index (χ1n) is 7.52. The molecule has 0 bridgehead atoms. The summed E-state index contributed by atoms with van der Waals surface area (Å²) < 4.78 is 6.77. The molecule has 0 atom stereocenters. The van der Waals surface area contributed by atoms with Crippen LogP contribution in [0, 0.1) is 0 Å². The van der Waals surface area contributed by atoms with Crippen LogP contribution in [-0.4, -0.2) is 30.7 Å². The summed E-state index contributed by atoms with van der Waals surface area (Å²) in [6.45, 7) is 2.86. The summed E-state index contributed by atoms with van der Waals surface area (Å²) in [6, 6.07) is 14.0. The number of carboxylic acids is 1. The van der Waals surface area contributed by atoms with Gasteiger partial charge in [-0.25, -0.2) is 9.59 Å². The lowest BCUT2D eigenvalue weighted by atomic mass is 10.2. The lowest BCUT2D eigenvalue weighted by Crippen LogP contribution is -2.15. The molecule has 0 radical (unpaired) electrons. The molecule has 0 aliphatic heterocycles. The Morgan fingerprint density at radius 2 is 1.83 bits per heavy atom. The van der Waals surface area contributed by atoms with Crippen LogP contribution in [0.3, 0.4) is 0 Å². The fourth-order valence-corrected chi connectivity index (χ4v) is 3.20. The Labute approximate surface area is 145 Å². The van der Waals surface area contributed by atoms with Crippen molar-refractivity contribution in [1.29, 1.82) is 0 Å². The van der Waals surface area contributed by atoms with Crippen LogP contribution in [0.25, 0.3) is 0 Å². The minimum absolute atomic E-state index is 0.262. The molecule has 0 aliphatic rings. The van der Waals surface area contributed by atoms with Gasteiger partial charge in [0.2, 0.25) is 0 Å². The Morgan fingerprint density at radius 3 is 2.42 bits per heavy atom. The number of carbonyl (C=O) groups excluding carboxylic acids is 1. The minimum Gasteiger partial charge on any atom is -0.478 e. The topological polar surface area (TPSA) is 66.8 Å². The fourth-order valence-electron chi connectivity index (χ4n) is 2.13. The van der Waals surface area contributed by atoms with Crippen molar-refractivity contribution in [3.8, 4) is 0 Å². The number of hydrogen-bond donors (Lipinski definition) is 1. The Bertz CT molecular complexity index is 715. The molecular weight excluding hydrogens is 326 g/mol. The molecule has 126 valence electrons. The zero-order valence-corrected chi connectivity index (χ0v) is 14.4. The Hall–Kier alpha value is -2.47. The predicted octanol–water partition coefficient (Wildman–Crippen LogP) is 4.10. The molecule has 24 heavy (non-hydrogen) atoms. The summed E-state index contributed by atoms with van der Waals surface area (Å²) >= 11 is 1.47. The molecule has 0 spiro atoms. The van der Waals surface area contributed by atoms with Gasteiger partial charge in [0.1, 0.15) is 0 Å². The van der Waals surface area contributed by atoms with E-state index in [4.69, 9.17) is 9.84 Å². The largest absolute Gasteiger partial charge is 0.478 e. The third-order valence-corrected chi connectivity index (χ3v) is 4.38. The summed E-state index contributed by atoms with van der Waals surface area (Å²) in [6.07, 6.45) is 0.935. The van der Waals surface area contributed by atoms with E-state index in [9.17, 15) is 9.59 Å². The molecule has 0 amide bonds. The number of benzene rings is 2. The van der Waals surface area contributed by atoms with Crippen LogP contribution >= 0.6 is 11.9 Å². The Balaban J connectivity index is 2.21. The fraction of sp³-hybridized carbons (Fsp3) is 0.222. The van der Waals surface area contributed by atoms with Crippen molar-refractivity contribution in [3.05, 3.63) is 59.7 Å². The standard InChI is InChI=1S/C18H19NO4S/c1-3-11-19(15-9-7-13(8-10-15)18(22)23-2)24-16-6-4-5-14(12-16)17(20)21/h4-10,12H,3,11H2,1-2H3,(H,20,21). The molecule has 0 saturated heterocycles. The van der Waals surface area contributed by atoms with Crippen LogP contribution < -0.4 is 4.31 Å². The number of rotatable bonds is 7. The van der Waals surface area contributed by atoms with Crippen molar-refractivity contribution in [2.24, 2.45) is 0 Å². The van der Waals surface area contributed by atoms with Crippen LogP contribution in [0.4, 0.5) is 5.69 Å². The van der Waals surface area contributed by atoms with Crippen molar-refractivity contribution in [2.75, 3.05) is 18.0 Å². The van der Waals surface area contributed by atoms with E-state index in [1.165, 1.54) is 19.1 Å². The summed E-state index contributed by atoms with van der Waals surface area (Å²) in [4.78, 5) is 23.5. The molecule has 0 aliphatic carbocycles. The molecule has 0 saturated carbocycles. The van der Waals surface area contributed by atoms with E-state index in [-0.39, 0.29) is 11.5 Å². The monoisotopic (exact) mass is 345 g/mol. The van der Waals surface area contributed by atoms with Crippen LogP contribution in [0.2, 0.25) is 0 Å². The van der Waals surface area contributed by atoms with Crippen LogP contribution in [0.15, 0.2) is 53.4 Å². The lowest BCUT2D eigenvalue weighted by molar-refractivity contribution is 0.0600. The second-order valence-corrected chi connectivity index (χ2v) is 6.16. The highest BCUT2D eigenvalue weighted by molar-refractivity contribution is 8.00. The molecule has 0 aromatic heterocycles. The number of aromatic carboxylic acids is 1. The average Bonchev–Trinajstić information content (AvgIpc) is 2.61. The maximum absolute atomic E-state index is 11.5. The first-order valence-corrected chi connectivity index (χ1v) is 8.29. The molecule has 2 rings (SSSR count). The number of carboxylic acid groups (broad SMARTS) is 1. The lowest BCUT2D eigenvalue weighted by Gasteiger charge is -2.23. The van der Waals surface area contributed by atoms with Gasteiger partial charge >= 0.3 is 11.9 Å². The molecule has 2 aromatic carbocycles. The molecule has 0 fully saturated rings. The van der Waals surface area contributed by atoms with Gasteiger partial charge in [0.15, 0.2) is 0 Å².